The minimum atomic E-state index is 0.114. The average Bonchev–Trinajstić information content (AvgIpc) is 2.67. The van der Waals surface area contributed by atoms with Crippen LogP contribution in [0.25, 0.3) is 0 Å². The molecule has 4 nitrogen and oxygen atoms in total. The van der Waals surface area contributed by atoms with Crippen LogP contribution in [0.4, 0.5) is 5.82 Å². The molecule has 0 aliphatic rings. The molecule has 3 rings (SSSR count). The molecule has 0 fully saturated rings. The predicted octanol–water partition coefficient (Wildman–Crippen LogP) is 4.06. The van der Waals surface area contributed by atoms with Gasteiger partial charge in [-0.3, -0.25) is 0 Å². The van der Waals surface area contributed by atoms with Gasteiger partial charge in [-0.1, -0.05) is 30.3 Å². The number of nitrogen functional groups attached to an aromatic ring is 1. The van der Waals surface area contributed by atoms with Gasteiger partial charge in [-0.2, -0.15) is 0 Å². The van der Waals surface area contributed by atoms with Crippen LogP contribution in [0.2, 0.25) is 0 Å². The van der Waals surface area contributed by atoms with Gasteiger partial charge in [-0.15, -0.1) is 0 Å². The number of aromatic nitrogens is 1. The summed E-state index contributed by atoms with van der Waals surface area (Å²) in [6, 6.07) is 22.0. The molecule has 0 bridgehead atoms. The van der Waals surface area contributed by atoms with Gasteiger partial charge in [0.25, 0.3) is 0 Å². The molecule has 0 spiro atoms. The van der Waals surface area contributed by atoms with Crippen molar-refractivity contribution < 1.29 is 9.47 Å². The van der Waals surface area contributed by atoms with Gasteiger partial charge in [0, 0.05) is 5.92 Å². The van der Waals surface area contributed by atoms with Crippen LogP contribution in [-0.4, -0.2) is 19.2 Å². The van der Waals surface area contributed by atoms with Gasteiger partial charge in [-0.25, -0.2) is 4.98 Å². The second-order valence-corrected chi connectivity index (χ2v) is 5.87. The van der Waals surface area contributed by atoms with Gasteiger partial charge < -0.3 is 15.2 Å². The summed E-state index contributed by atoms with van der Waals surface area (Å²) in [5.41, 5.74) is 9.25. The highest BCUT2D eigenvalue weighted by Crippen LogP contribution is 2.29. The van der Waals surface area contributed by atoms with Crippen LogP contribution in [-0.2, 0) is 6.42 Å². The first kappa shape index (κ1) is 16.8. The average molecular weight is 334 g/mol. The Hall–Kier alpha value is -3.01. The molecular formula is C21H22N2O2. The standard InChI is InChI=1S/C21H22N2O2/c1-24-17-10-6-15(7-11-17)14-19(20-4-3-5-21(22)23-20)16-8-12-18(25-2)13-9-16/h3-13,19H,14H2,1-2H3,(H2,22,23). The Balaban J connectivity index is 1.95. The quantitative estimate of drug-likeness (QED) is 0.739. The van der Waals surface area contributed by atoms with Crippen LogP contribution in [0, 0.1) is 0 Å². The number of nitrogens with two attached hydrogens (primary N) is 1. The molecule has 128 valence electrons. The molecule has 0 saturated heterocycles. The minimum Gasteiger partial charge on any atom is -0.497 e. The molecule has 1 atom stereocenters. The highest BCUT2D eigenvalue weighted by Gasteiger charge is 2.17. The van der Waals surface area contributed by atoms with Crippen LogP contribution in [0.15, 0.2) is 66.7 Å². The Bertz CT molecular complexity index is 814. The normalized spacial score (nSPS) is 11.8. The van der Waals surface area contributed by atoms with Crippen molar-refractivity contribution in [1.29, 1.82) is 0 Å². The van der Waals surface area contributed by atoms with E-state index in [2.05, 4.69) is 29.2 Å². The molecule has 0 aliphatic carbocycles. The van der Waals surface area contributed by atoms with E-state index >= 15 is 0 Å². The minimum absolute atomic E-state index is 0.114. The lowest BCUT2D eigenvalue weighted by atomic mass is 9.88. The Morgan fingerprint density at radius 2 is 1.44 bits per heavy atom. The largest absolute Gasteiger partial charge is 0.497 e. The highest BCUT2D eigenvalue weighted by atomic mass is 16.5. The number of ether oxygens (including phenoxy) is 2. The smallest absolute Gasteiger partial charge is 0.123 e. The maximum Gasteiger partial charge on any atom is 0.123 e. The molecule has 0 amide bonds. The van der Waals surface area contributed by atoms with Gasteiger partial charge in [0.15, 0.2) is 0 Å². The number of methoxy groups -OCH3 is 2. The van der Waals surface area contributed by atoms with Crippen molar-refractivity contribution in [2.24, 2.45) is 0 Å². The Morgan fingerprint density at radius 1 is 0.840 bits per heavy atom. The number of rotatable bonds is 6. The van der Waals surface area contributed by atoms with Gasteiger partial charge in [0.2, 0.25) is 0 Å². The lowest BCUT2D eigenvalue weighted by molar-refractivity contribution is 0.414. The van der Waals surface area contributed by atoms with E-state index in [-0.39, 0.29) is 5.92 Å². The lowest BCUT2D eigenvalue weighted by Gasteiger charge is -2.18. The molecule has 2 N–H and O–H groups in total. The Kier molecular flexibility index (Phi) is 5.19. The van der Waals surface area contributed by atoms with E-state index in [1.807, 2.05) is 42.5 Å². The number of benzene rings is 2. The summed E-state index contributed by atoms with van der Waals surface area (Å²) in [5, 5.41) is 0. The molecule has 4 heteroatoms. The van der Waals surface area contributed by atoms with Crippen molar-refractivity contribution in [1.82, 2.24) is 4.98 Å². The second-order valence-electron chi connectivity index (χ2n) is 5.87. The van der Waals surface area contributed by atoms with Crippen molar-refractivity contribution in [3.05, 3.63) is 83.6 Å². The van der Waals surface area contributed by atoms with Crippen LogP contribution >= 0.6 is 0 Å². The Labute approximate surface area is 148 Å². The summed E-state index contributed by atoms with van der Waals surface area (Å²) in [4.78, 5) is 4.54. The maximum atomic E-state index is 5.90. The van der Waals surface area contributed by atoms with Crippen molar-refractivity contribution in [3.63, 3.8) is 0 Å². The van der Waals surface area contributed by atoms with Gasteiger partial charge >= 0.3 is 0 Å². The molecular weight excluding hydrogens is 312 g/mol. The number of pyridine rings is 1. The first-order valence-electron chi connectivity index (χ1n) is 8.19. The monoisotopic (exact) mass is 334 g/mol. The number of nitrogens with zero attached hydrogens (tertiary/aromatic N) is 1. The van der Waals surface area contributed by atoms with Crippen molar-refractivity contribution in [2.45, 2.75) is 12.3 Å². The van der Waals surface area contributed by atoms with Crippen LogP contribution in [0.1, 0.15) is 22.7 Å². The zero-order valence-corrected chi connectivity index (χ0v) is 14.5. The van der Waals surface area contributed by atoms with E-state index in [1.54, 1.807) is 14.2 Å². The van der Waals surface area contributed by atoms with E-state index in [9.17, 15) is 0 Å². The summed E-state index contributed by atoms with van der Waals surface area (Å²) < 4.78 is 10.5. The summed E-state index contributed by atoms with van der Waals surface area (Å²) in [5.74, 6) is 2.34. The van der Waals surface area contributed by atoms with E-state index < -0.39 is 0 Å². The molecule has 1 heterocycles. The molecule has 1 unspecified atom stereocenters. The third kappa shape index (κ3) is 4.10. The molecule has 0 saturated carbocycles. The summed E-state index contributed by atoms with van der Waals surface area (Å²) in [7, 11) is 3.34. The van der Waals surface area contributed by atoms with E-state index in [0.29, 0.717) is 5.82 Å². The summed E-state index contributed by atoms with van der Waals surface area (Å²) in [6.07, 6.45) is 0.826. The summed E-state index contributed by atoms with van der Waals surface area (Å²) >= 11 is 0. The van der Waals surface area contributed by atoms with Gasteiger partial charge in [-0.05, 0) is 53.9 Å². The lowest BCUT2D eigenvalue weighted by Crippen LogP contribution is -2.08. The second kappa shape index (κ2) is 7.71. The van der Waals surface area contributed by atoms with Crippen molar-refractivity contribution >= 4 is 5.82 Å². The molecule has 0 aliphatic heterocycles. The fraction of sp³-hybridized carbons (Fsp3) is 0.190. The fourth-order valence-corrected chi connectivity index (χ4v) is 2.89. The Morgan fingerprint density at radius 3 is 2.00 bits per heavy atom. The van der Waals surface area contributed by atoms with Crippen LogP contribution in [0.5, 0.6) is 11.5 Å². The molecule has 1 aromatic heterocycles. The van der Waals surface area contributed by atoms with Crippen LogP contribution < -0.4 is 15.2 Å². The van der Waals surface area contributed by atoms with E-state index in [1.165, 1.54) is 11.1 Å². The third-order valence-electron chi connectivity index (χ3n) is 4.27. The highest BCUT2D eigenvalue weighted by molar-refractivity contribution is 5.39. The SMILES string of the molecule is COc1ccc(CC(c2ccc(OC)cc2)c2cccc(N)n2)cc1. The van der Waals surface area contributed by atoms with Gasteiger partial charge in [0.1, 0.15) is 17.3 Å². The van der Waals surface area contributed by atoms with Crippen LogP contribution in [0.3, 0.4) is 0 Å². The zero-order chi connectivity index (χ0) is 17.6. The maximum absolute atomic E-state index is 5.90. The molecule has 2 aromatic carbocycles. The fourth-order valence-electron chi connectivity index (χ4n) is 2.89. The third-order valence-corrected chi connectivity index (χ3v) is 4.27. The van der Waals surface area contributed by atoms with E-state index in [4.69, 9.17) is 15.2 Å². The molecule has 3 aromatic rings. The van der Waals surface area contributed by atoms with Crippen molar-refractivity contribution in [3.8, 4) is 11.5 Å². The topological polar surface area (TPSA) is 57.4 Å². The summed E-state index contributed by atoms with van der Waals surface area (Å²) in [6.45, 7) is 0. The number of hydrogen-bond acceptors (Lipinski definition) is 4. The van der Waals surface area contributed by atoms with Crippen molar-refractivity contribution in [2.75, 3.05) is 20.0 Å². The number of hydrogen-bond donors (Lipinski definition) is 1. The first-order valence-corrected chi connectivity index (χ1v) is 8.19. The zero-order valence-electron chi connectivity index (χ0n) is 14.5. The number of anilines is 1. The molecule has 0 radical (unpaired) electrons. The van der Waals surface area contributed by atoms with Gasteiger partial charge in [0.05, 0.1) is 19.9 Å². The molecule has 25 heavy (non-hydrogen) atoms. The van der Waals surface area contributed by atoms with E-state index in [0.717, 1.165) is 23.6 Å². The predicted molar refractivity (Wildman–Crippen MR) is 100 cm³/mol. The first-order chi connectivity index (χ1) is 12.2.